The molecule has 0 radical (unpaired) electrons. The summed E-state index contributed by atoms with van der Waals surface area (Å²) in [6.07, 6.45) is 3.30. The van der Waals surface area contributed by atoms with E-state index in [9.17, 15) is 14.0 Å². The van der Waals surface area contributed by atoms with E-state index in [1.807, 2.05) is 23.1 Å². The summed E-state index contributed by atoms with van der Waals surface area (Å²) in [5, 5.41) is 4.44. The molecule has 0 aliphatic carbocycles. The van der Waals surface area contributed by atoms with Crippen molar-refractivity contribution in [3.8, 4) is 0 Å². The number of hydrogen-bond donors (Lipinski definition) is 0. The van der Waals surface area contributed by atoms with E-state index in [1.54, 1.807) is 29.9 Å². The average Bonchev–Trinajstić information content (AvgIpc) is 3.39. The smallest absolute Gasteiger partial charge is 0.278 e. The molecule has 6 nitrogen and oxygen atoms in total. The van der Waals surface area contributed by atoms with Crippen LogP contribution >= 0.6 is 0 Å². The first-order chi connectivity index (χ1) is 19.0. The van der Waals surface area contributed by atoms with E-state index < -0.39 is 8.07 Å². The quantitative estimate of drug-likeness (QED) is 0.212. The Kier molecular flexibility index (Phi) is 9.41. The van der Waals surface area contributed by atoms with Crippen LogP contribution in [0.25, 0.3) is 0 Å². The van der Waals surface area contributed by atoms with E-state index in [0.29, 0.717) is 18.7 Å². The predicted octanol–water partition coefficient (Wildman–Crippen LogP) is 6.38. The van der Waals surface area contributed by atoms with Crippen LogP contribution in [0, 0.1) is 25.6 Å². The summed E-state index contributed by atoms with van der Waals surface area (Å²) in [4.78, 5) is 28.9. The summed E-state index contributed by atoms with van der Waals surface area (Å²) in [5.74, 6) is -0.760. The minimum Gasteiger partial charge on any atom is -0.360 e. The number of amides is 1. The Morgan fingerprint density at radius 3 is 2.58 bits per heavy atom. The van der Waals surface area contributed by atoms with Crippen LogP contribution < -0.4 is 5.43 Å². The number of rotatable bonds is 10. The molecule has 2 heterocycles. The van der Waals surface area contributed by atoms with Gasteiger partial charge in [0.25, 0.3) is 5.91 Å². The van der Waals surface area contributed by atoms with Gasteiger partial charge in [0.2, 0.25) is 5.43 Å². The van der Waals surface area contributed by atoms with Gasteiger partial charge >= 0.3 is 0 Å². The number of carbonyl (C=O) groups excluding carboxylic acids is 1. The number of halogens is 1. The lowest BCUT2D eigenvalue weighted by atomic mass is 9.76. The highest BCUT2D eigenvalue weighted by atomic mass is 28.3. The third kappa shape index (κ3) is 6.96. The molecule has 1 saturated heterocycles. The van der Waals surface area contributed by atoms with Crippen molar-refractivity contribution in [2.45, 2.75) is 78.0 Å². The standard InChI is InChI=1S/C32H42FN3O3Si/c1-22-11-7-8-14-27(22)29(25-12-9-13-26(33)19-25)24(3)28-15-10-16-36(28)32(38)30-31(37)23(2)20-35(34-30)21-39-17-18-40(4,5)6/h7-9,11-14,19-20,24,28-29H,10,15-18,21H2,1-6H3/t24-,28+,29-/m0/s1. The molecule has 1 fully saturated rings. The van der Waals surface area contributed by atoms with E-state index in [0.717, 1.165) is 35.6 Å². The van der Waals surface area contributed by atoms with Gasteiger partial charge in [0, 0.05) is 44.9 Å². The summed E-state index contributed by atoms with van der Waals surface area (Å²) in [6.45, 7) is 14.2. The maximum absolute atomic E-state index is 14.4. The molecule has 0 saturated carbocycles. The second-order valence-corrected chi connectivity index (χ2v) is 18.0. The van der Waals surface area contributed by atoms with Gasteiger partial charge in [-0.3, -0.25) is 9.59 Å². The van der Waals surface area contributed by atoms with Crippen LogP contribution in [0.4, 0.5) is 4.39 Å². The lowest BCUT2D eigenvalue weighted by Crippen LogP contribution is -2.44. The zero-order valence-corrected chi connectivity index (χ0v) is 25.6. The van der Waals surface area contributed by atoms with Crippen LogP contribution in [0.1, 0.15) is 58.4 Å². The highest BCUT2D eigenvalue weighted by molar-refractivity contribution is 6.76. The molecule has 0 spiro atoms. The van der Waals surface area contributed by atoms with E-state index in [2.05, 4.69) is 50.7 Å². The van der Waals surface area contributed by atoms with Crippen LogP contribution in [0.2, 0.25) is 25.7 Å². The van der Waals surface area contributed by atoms with Crippen molar-refractivity contribution in [2.75, 3.05) is 13.2 Å². The fraction of sp³-hybridized carbons (Fsp3) is 0.469. The zero-order chi connectivity index (χ0) is 29.0. The molecule has 1 aliphatic rings. The van der Waals surface area contributed by atoms with Crippen molar-refractivity contribution in [1.82, 2.24) is 14.7 Å². The maximum Gasteiger partial charge on any atom is 0.278 e. The van der Waals surface area contributed by atoms with Crippen LogP contribution in [0.3, 0.4) is 0 Å². The summed E-state index contributed by atoms with van der Waals surface area (Å²) < 4.78 is 21.8. The first kappa shape index (κ1) is 29.9. The van der Waals surface area contributed by atoms with Crippen LogP contribution in [-0.4, -0.2) is 47.9 Å². The van der Waals surface area contributed by atoms with E-state index in [4.69, 9.17) is 4.74 Å². The molecule has 1 aliphatic heterocycles. The van der Waals surface area contributed by atoms with E-state index >= 15 is 0 Å². The van der Waals surface area contributed by atoms with Crippen molar-refractivity contribution in [2.24, 2.45) is 5.92 Å². The minimum absolute atomic E-state index is 0.0220. The van der Waals surface area contributed by atoms with Crippen LogP contribution in [0.5, 0.6) is 0 Å². The third-order valence-corrected chi connectivity index (χ3v) is 9.70. The molecule has 1 amide bonds. The van der Waals surface area contributed by atoms with Gasteiger partial charge in [-0.15, -0.1) is 0 Å². The number of carbonyl (C=O) groups is 1. The monoisotopic (exact) mass is 563 g/mol. The molecular formula is C32H42FN3O3Si. The van der Waals surface area contributed by atoms with Gasteiger partial charge in [-0.25, -0.2) is 9.07 Å². The molecular weight excluding hydrogens is 521 g/mol. The number of likely N-dealkylation sites (tertiary alicyclic amines) is 1. The molecule has 214 valence electrons. The highest BCUT2D eigenvalue weighted by Gasteiger charge is 2.39. The number of ether oxygens (including phenoxy) is 1. The van der Waals surface area contributed by atoms with Gasteiger partial charge in [-0.2, -0.15) is 5.10 Å². The highest BCUT2D eigenvalue weighted by Crippen LogP contribution is 2.40. The second kappa shape index (κ2) is 12.6. The fourth-order valence-corrected chi connectivity index (χ4v) is 6.52. The summed E-state index contributed by atoms with van der Waals surface area (Å²) in [6, 6.07) is 15.8. The molecule has 1 aromatic heterocycles. The van der Waals surface area contributed by atoms with Crippen molar-refractivity contribution < 1.29 is 13.9 Å². The molecule has 8 heteroatoms. The Morgan fingerprint density at radius 1 is 1.12 bits per heavy atom. The normalized spacial score (nSPS) is 17.2. The van der Waals surface area contributed by atoms with Crippen molar-refractivity contribution in [3.63, 3.8) is 0 Å². The van der Waals surface area contributed by atoms with Crippen molar-refractivity contribution >= 4 is 14.0 Å². The first-order valence-corrected chi connectivity index (χ1v) is 17.9. The lowest BCUT2D eigenvalue weighted by molar-refractivity contribution is 0.0648. The van der Waals surface area contributed by atoms with Gasteiger partial charge in [0.1, 0.15) is 12.5 Å². The number of hydrogen-bond acceptors (Lipinski definition) is 4. The van der Waals surface area contributed by atoms with Crippen molar-refractivity contribution in [3.05, 3.63) is 98.7 Å². The Hall–Kier alpha value is -3.10. The first-order valence-electron chi connectivity index (χ1n) is 14.2. The molecule has 0 unspecified atom stereocenters. The van der Waals surface area contributed by atoms with E-state index in [-0.39, 0.29) is 47.5 Å². The van der Waals surface area contributed by atoms with Gasteiger partial charge in [-0.05, 0) is 67.5 Å². The van der Waals surface area contributed by atoms with Gasteiger partial charge < -0.3 is 9.64 Å². The van der Waals surface area contributed by atoms with Gasteiger partial charge in [0.15, 0.2) is 5.69 Å². The van der Waals surface area contributed by atoms with Crippen LogP contribution in [-0.2, 0) is 11.5 Å². The number of aromatic nitrogens is 2. The number of nitrogens with zero attached hydrogens (tertiary/aromatic N) is 3. The average molecular weight is 564 g/mol. The molecule has 0 bridgehead atoms. The maximum atomic E-state index is 14.4. The van der Waals surface area contributed by atoms with Gasteiger partial charge in [0.05, 0.1) is 0 Å². The van der Waals surface area contributed by atoms with Crippen LogP contribution in [0.15, 0.2) is 59.5 Å². The summed E-state index contributed by atoms with van der Waals surface area (Å²) >= 11 is 0. The number of aryl methyl sites for hydroxylation is 2. The summed E-state index contributed by atoms with van der Waals surface area (Å²) in [7, 11) is -1.23. The topological polar surface area (TPSA) is 64.4 Å². The molecule has 0 N–H and O–H groups in total. The SMILES string of the molecule is Cc1ccccc1[C@H](c1cccc(F)c1)[C@@H](C)[C@H]1CCCN1C(=O)c1nn(COCC[Si](C)(C)C)cc(C)c1=O. The summed E-state index contributed by atoms with van der Waals surface area (Å²) in [5.41, 5.74) is 3.18. The third-order valence-electron chi connectivity index (χ3n) is 7.99. The predicted molar refractivity (Wildman–Crippen MR) is 160 cm³/mol. The fourth-order valence-electron chi connectivity index (χ4n) is 5.77. The Labute approximate surface area is 238 Å². The Morgan fingerprint density at radius 2 is 1.88 bits per heavy atom. The molecule has 3 atom stereocenters. The minimum atomic E-state index is -1.23. The molecule has 3 aromatic rings. The second-order valence-electron chi connectivity index (χ2n) is 12.3. The largest absolute Gasteiger partial charge is 0.360 e. The zero-order valence-electron chi connectivity index (χ0n) is 24.6. The van der Waals surface area contributed by atoms with E-state index in [1.165, 1.54) is 6.07 Å². The number of benzene rings is 2. The lowest BCUT2D eigenvalue weighted by Gasteiger charge is -2.35. The Balaban J connectivity index is 1.62. The molecule has 4 rings (SSSR count). The van der Waals surface area contributed by atoms with Gasteiger partial charge in [-0.1, -0.05) is 63.0 Å². The van der Waals surface area contributed by atoms with Crippen molar-refractivity contribution in [1.29, 1.82) is 0 Å². The molecule has 40 heavy (non-hydrogen) atoms. The molecule has 2 aromatic carbocycles. The Bertz CT molecular complexity index is 1400.